The van der Waals surface area contributed by atoms with E-state index in [1.54, 1.807) is 5.32 Å². The lowest BCUT2D eigenvalue weighted by Crippen LogP contribution is -2.53. The molecule has 1 aromatic heterocycles. The normalized spacial score (nSPS) is 14.3. The maximum absolute atomic E-state index is 14.7. The zero-order valence-electron chi connectivity index (χ0n) is 22.2. The lowest BCUT2D eigenvalue weighted by atomic mass is 10.1. The largest absolute Gasteiger partial charge is 0.454 e. The van der Waals surface area contributed by atoms with Crippen LogP contribution in [0.1, 0.15) is 15.9 Å². The van der Waals surface area contributed by atoms with Gasteiger partial charge < -0.3 is 15.4 Å². The molecule has 1 aliphatic rings. The van der Waals surface area contributed by atoms with Gasteiger partial charge in [0, 0.05) is 23.7 Å². The van der Waals surface area contributed by atoms with Crippen molar-refractivity contribution in [3.8, 4) is 11.5 Å². The van der Waals surface area contributed by atoms with Crippen molar-refractivity contribution in [2.45, 2.75) is 19.3 Å². The third-order valence-corrected chi connectivity index (χ3v) is 8.70. The van der Waals surface area contributed by atoms with E-state index in [1.165, 1.54) is 44.3 Å². The summed E-state index contributed by atoms with van der Waals surface area (Å²) in [5.74, 6) is -3.33. The molecule has 1 amide bonds. The van der Waals surface area contributed by atoms with Gasteiger partial charge in [0.25, 0.3) is 11.5 Å². The highest BCUT2D eigenvalue weighted by Gasteiger charge is 2.36. The van der Waals surface area contributed by atoms with Gasteiger partial charge in [0.15, 0.2) is 5.75 Å². The van der Waals surface area contributed by atoms with E-state index in [0.29, 0.717) is 3.57 Å². The van der Waals surface area contributed by atoms with Crippen LogP contribution in [0.2, 0.25) is 5.02 Å². The minimum atomic E-state index is -4.80. The van der Waals surface area contributed by atoms with E-state index in [-0.39, 0.29) is 40.8 Å². The standard InChI is InChI=1S/C25H22ClF5IN5O5S/c1-12-21(42-18-5-3-4-17(20(18)26)35-43(40,41)37-9-13(27)10-37)19(23(38)33-11-25(29,30)31)22(36(2)24(12)39)34-16-7-6-14(32)8-15(16)28/h3-8,13,34-35H,9-11H2,1-2H3,(H,33,38). The van der Waals surface area contributed by atoms with Crippen molar-refractivity contribution in [2.24, 2.45) is 7.05 Å². The molecule has 232 valence electrons. The summed E-state index contributed by atoms with van der Waals surface area (Å²) >= 11 is 8.26. The van der Waals surface area contributed by atoms with Crippen LogP contribution in [-0.2, 0) is 17.3 Å². The van der Waals surface area contributed by atoms with Crippen molar-refractivity contribution in [3.63, 3.8) is 0 Å². The molecule has 0 bridgehead atoms. The van der Waals surface area contributed by atoms with E-state index >= 15 is 0 Å². The van der Waals surface area contributed by atoms with Gasteiger partial charge in [-0.1, -0.05) is 17.7 Å². The molecule has 3 aromatic rings. The van der Waals surface area contributed by atoms with Crippen LogP contribution in [0.25, 0.3) is 0 Å². The number of pyridine rings is 1. The van der Waals surface area contributed by atoms with Crippen LogP contribution < -0.4 is 25.7 Å². The lowest BCUT2D eigenvalue weighted by Gasteiger charge is -2.33. The molecule has 2 aromatic carbocycles. The van der Waals surface area contributed by atoms with Crippen LogP contribution in [0.3, 0.4) is 0 Å². The Labute approximate surface area is 260 Å². The number of benzene rings is 2. The van der Waals surface area contributed by atoms with Gasteiger partial charge >= 0.3 is 16.4 Å². The zero-order valence-corrected chi connectivity index (χ0v) is 25.9. The molecular weight excluding hydrogens is 740 g/mol. The fourth-order valence-electron chi connectivity index (χ4n) is 3.95. The topological polar surface area (TPSA) is 122 Å². The summed E-state index contributed by atoms with van der Waals surface area (Å²) in [5, 5.41) is 3.97. The number of halogens is 7. The number of carbonyl (C=O) groups is 1. The molecule has 2 heterocycles. The number of anilines is 3. The molecule has 0 unspecified atom stereocenters. The second-order valence-corrected chi connectivity index (χ2v) is 12.6. The number of ether oxygens (including phenoxy) is 1. The van der Waals surface area contributed by atoms with E-state index in [1.807, 2.05) is 22.6 Å². The predicted octanol–water partition coefficient (Wildman–Crippen LogP) is 5.23. The number of rotatable bonds is 9. The van der Waals surface area contributed by atoms with Crippen LogP contribution >= 0.6 is 34.2 Å². The minimum Gasteiger partial charge on any atom is -0.454 e. The molecule has 4 rings (SSSR count). The van der Waals surface area contributed by atoms with E-state index in [9.17, 15) is 40.0 Å². The molecule has 43 heavy (non-hydrogen) atoms. The summed E-state index contributed by atoms with van der Waals surface area (Å²) in [6.45, 7) is -1.21. The van der Waals surface area contributed by atoms with Gasteiger partial charge in [-0.25, -0.2) is 8.78 Å². The van der Waals surface area contributed by atoms with E-state index in [2.05, 4.69) is 10.0 Å². The first kappa shape index (κ1) is 32.7. The number of hydrogen-bond acceptors (Lipinski definition) is 6. The van der Waals surface area contributed by atoms with E-state index in [0.717, 1.165) is 14.9 Å². The third kappa shape index (κ3) is 7.32. The molecular formula is C25H22ClF5IN5O5S. The quantitative estimate of drug-likeness (QED) is 0.203. The predicted molar refractivity (Wildman–Crippen MR) is 158 cm³/mol. The molecule has 0 spiro atoms. The molecule has 1 fully saturated rings. The fraction of sp³-hybridized carbons (Fsp3) is 0.280. The molecule has 0 aliphatic carbocycles. The SMILES string of the molecule is Cc1c(Oc2cccc(NS(=O)(=O)N3CC(F)C3)c2Cl)c(C(=O)NCC(F)(F)F)c(Nc2ccc(I)cc2F)n(C)c1=O. The van der Waals surface area contributed by atoms with E-state index in [4.69, 9.17) is 16.3 Å². The van der Waals surface area contributed by atoms with Gasteiger partial charge in [0.1, 0.15) is 40.7 Å². The van der Waals surface area contributed by atoms with Gasteiger partial charge in [-0.2, -0.15) is 25.9 Å². The molecule has 1 aliphatic heterocycles. The third-order valence-electron chi connectivity index (χ3n) is 6.18. The number of carbonyl (C=O) groups excluding carboxylic acids is 1. The number of nitrogens with zero attached hydrogens (tertiary/aromatic N) is 2. The monoisotopic (exact) mass is 761 g/mol. The van der Waals surface area contributed by atoms with Crippen molar-refractivity contribution < 1.29 is 39.9 Å². The molecule has 0 atom stereocenters. The number of alkyl halides is 4. The van der Waals surface area contributed by atoms with Crippen LogP contribution in [0.15, 0.2) is 41.2 Å². The summed E-state index contributed by atoms with van der Waals surface area (Å²) < 4.78 is 102. The van der Waals surface area contributed by atoms with Gasteiger partial charge in [-0.05, 0) is 59.8 Å². The van der Waals surface area contributed by atoms with Crippen molar-refractivity contribution >= 4 is 67.5 Å². The zero-order chi connectivity index (χ0) is 31.9. The highest BCUT2D eigenvalue weighted by molar-refractivity contribution is 14.1. The Morgan fingerprint density at radius 1 is 1.19 bits per heavy atom. The Hall–Kier alpha value is -3.16. The summed E-state index contributed by atoms with van der Waals surface area (Å²) in [7, 11) is -2.99. The van der Waals surface area contributed by atoms with Crippen LogP contribution in [-0.4, -0.2) is 55.2 Å². The summed E-state index contributed by atoms with van der Waals surface area (Å²) in [5.41, 5.74) is -2.00. The first-order valence-corrected chi connectivity index (χ1v) is 15.1. The Kier molecular flexibility index (Phi) is 9.48. The van der Waals surface area contributed by atoms with Crippen LogP contribution in [0, 0.1) is 16.3 Å². The second kappa shape index (κ2) is 12.4. The van der Waals surface area contributed by atoms with Gasteiger partial charge in [0.2, 0.25) is 0 Å². The van der Waals surface area contributed by atoms with Crippen molar-refractivity contribution in [3.05, 3.63) is 72.3 Å². The fourth-order valence-corrected chi connectivity index (χ4v) is 5.97. The summed E-state index contributed by atoms with van der Waals surface area (Å²) in [6.07, 6.45) is -6.11. The number of amides is 1. The van der Waals surface area contributed by atoms with Crippen LogP contribution in [0.5, 0.6) is 11.5 Å². The number of nitrogens with one attached hydrogen (secondary N) is 3. The van der Waals surface area contributed by atoms with Gasteiger partial charge in [-0.15, -0.1) is 0 Å². The summed E-state index contributed by atoms with van der Waals surface area (Å²) in [6, 6.07) is 7.79. The van der Waals surface area contributed by atoms with Crippen molar-refractivity contribution in [1.82, 2.24) is 14.2 Å². The van der Waals surface area contributed by atoms with E-state index < -0.39 is 63.5 Å². The van der Waals surface area contributed by atoms with Crippen LogP contribution in [0.4, 0.5) is 39.1 Å². The second-order valence-electron chi connectivity index (χ2n) is 9.33. The Morgan fingerprint density at radius 2 is 1.86 bits per heavy atom. The number of aromatic nitrogens is 1. The van der Waals surface area contributed by atoms with Gasteiger partial charge in [0.05, 0.1) is 16.9 Å². The smallest absolute Gasteiger partial charge is 0.405 e. The molecule has 0 radical (unpaired) electrons. The molecule has 0 saturated carbocycles. The Morgan fingerprint density at radius 3 is 2.47 bits per heavy atom. The molecule has 10 nitrogen and oxygen atoms in total. The highest BCUT2D eigenvalue weighted by atomic mass is 127. The maximum Gasteiger partial charge on any atom is 0.405 e. The molecule has 3 N–H and O–H groups in total. The van der Waals surface area contributed by atoms with Crippen molar-refractivity contribution in [1.29, 1.82) is 0 Å². The molecule has 18 heteroatoms. The van der Waals surface area contributed by atoms with Gasteiger partial charge in [-0.3, -0.25) is 18.9 Å². The lowest BCUT2D eigenvalue weighted by molar-refractivity contribution is -0.123. The van der Waals surface area contributed by atoms with Crippen molar-refractivity contribution in [2.75, 3.05) is 29.7 Å². The number of hydrogen-bond donors (Lipinski definition) is 3. The molecule has 1 saturated heterocycles. The average Bonchev–Trinajstić information content (AvgIpc) is 2.89. The first-order valence-electron chi connectivity index (χ1n) is 12.2. The minimum absolute atomic E-state index is 0.203. The highest BCUT2D eigenvalue weighted by Crippen LogP contribution is 2.40. The first-order chi connectivity index (χ1) is 20.0. The summed E-state index contributed by atoms with van der Waals surface area (Å²) in [4.78, 5) is 26.4. The Balaban J connectivity index is 1.82. The average molecular weight is 762 g/mol. The Bertz CT molecular complexity index is 1750. The maximum atomic E-state index is 14.7.